The predicted molar refractivity (Wildman–Crippen MR) is 144 cm³/mol. The fraction of sp³-hybridized carbons (Fsp3) is 0.276. The molecule has 0 unspecified atom stereocenters. The van der Waals surface area contributed by atoms with Crippen molar-refractivity contribution in [2.24, 2.45) is 0 Å². The van der Waals surface area contributed by atoms with Crippen molar-refractivity contribution in [3.05, 3.63) is 77.3 Å². The lowest BCUT2D eigenvalue weighted by Crippen LogP contribution is -2.41. The first-order chi connectivity index (χ1) is 17.3. The third-order valence-electron chi connectivity index (χ3n) is 6.16. The van der Waals surface area contributed by atoms with E-state index < -0.39 is 0 Å². The average molecular weight is 500 g/mol. The molecule has 5 rings (SSSR count). The van der Waals surface area contributed by atoms with Gasteiger partial charge in [-0.1, -0.05) is 39.0 Å². The second-order valence-electron chi connectivity index (χ2n) is 9.78. The molecule has 36 heavy (non-hydrogen) atoms. The molecule has 0 saturated carbocycles. The van der Waals surface area contributed by atoms with Gasteiger partial charge in [0.1, 0.15) is 23.1 Å². The number of fused-ring (bicyclic) bond motifs is 1. The van der Waals surface area contributed by atoms with Crippen molar-refractivity contribution in [2.75, 3.05) is 24.7 Å². The Balaban J connectivity index is 1.35. The maximum atomic E-state index is 12.8. The molecule has 0 saturated heterocycles. The third-order valence-corrected chi connectivity index (χ3v) is 7.15. The second kappa shape index (κ2) is 9.74. The highest BCUT2D eigenvalue weighted by molar-refractivity contribution is 7.15. The minimum atomic E-state index is -0.0875. The number of hydrogen-bond donors (Lipinski definition) is 0. The normalized spacial score (nSPS) is 13.3. The van der Waals surface area contributed by atoms with Crippen molar-refractivity contribution in [1.82, 2.24) is 9.97 Å². The SMILES string of the molecule is Cc1sc(-c2ccccn2)nc1-c1ccc2c(c1)N(CCOc1ccc(C(C)(C)C)cc1)C(=O)CO2. The minimum Gasteiger partial charge on any atom is -0.492 e. The lowest BCUT2D eigenvalue weighted by molar-refractivity contribution is -0.121. The molecule has 0 radical (unpaired) electrons. The molecule has 0 aliphatic carbocycles. The van der Waals surface area contributed by atoms with Gasteiger partial charge in [-0.15, -0.1) is 11.3 Å². The van der Waals surface area contributed by atoms with E-state index in [2.05, 4.69) is 44.8 Å². The molecule has 1 aliphatic heterocycles. The minimum absolute atomic E-state index is 0.0200. The van der Waals surface area contributed by atoms with Crippen molar-refractivity contribution in [3.63, 3.8) is 0 Å². The predicted octanol–water partition coefficient (Wildman–Crippen LogP) is 6.28. The number of pyridine rings is 1. The average Bonchev–Trinajstić information content (AvgIpc) is 3.27. The van der Waals surface area contributed by atoms with Gasteiger partial charge in [0.05, 0.1) is 23.6 Å². The van der Waals surface area contributed by atoms with E-state index in [1.54, 1.807) is 22.4 Å². The first-order valence-corrected chi connectivity index (χ1v) is 12.8. The number of carbonyl (C=O) groups is 1. The molecule has 0 atom stereocenters. The Morgan fingerprint density at radius 3 is 2.61 bits per heavy atom. The van der Waals surface area contributed by atoms with Gasteiger partial charge in [-0.25, -0.2) is 4.98 Å². The highest BCUT2D eigenvalue weighted by Crippen LogP contribution is 2.39. The number of ether oxygens (including phenoxy) is 2. The first-order valence-electron chi connectivity index (χ1n) is 12.0. The summed E-state index contributed by atoms with van der Waals surface area (Å²) in [5.74, 6) is 1.39. The summed E-state index contributed by atoms with van der Waals surface area (Å²) >= 11 is 1.61. The van der Waals surface area contributed by atoms with Crippen LogP contribution in [0.15, 0.2) is 66.9 Å². The van der Waals surface area contributed by atoms with Crippen LogP contribution in [0.1, 0.15) is 31.2 Å². The highest BCUT2D eigenvalue weighted by Gasteiger charge is 2.26. The molecule has 7 heteroatoms. The fourth-order valence-corrected chi connectivity index (χ4v) is 5.08. The summed E-state index contributed by atoms with van der Waals surface area (Å²) in [4.78, 5) is 24.9. The van der Waals surface area contributed by atoms with Crippen LogP contribution < -0.4 is 14.4 Å². The molecule has 0 spiro atoms. The standard InChI is InChI=1S/C29H29N3O3S/c1-19-27(31-28(36-19)23-7-5-6-14-30-23)20-8-13-25-24(17-20)32(26(33)18-35-25)15-16-34-22-11-9-21(10-12-22)29(2,3)4/h5-14,17H,15-16,18H2,1-4H3. The summed E-state index contributed by atoms with van der Waals surface area (Å²) in [5.41, 5.74) is 4.75. The van der Waals surface area contributed by atoms with Gasteiger partial charge in [0.25, 0.3) is 5.91 Å². The van der Waals surface area contributed by atoms with Crippen molar-refractivity contribution in [2.45, 2.75) is 33.1 Å². The van der Waals surface area contributed by atoms with Crippen LogP contribution in [0.25, 0.3) is 22.0 Å². The number of nitrogens with zero attached hydrogens (tertiary/aromatic N) is 3. The topological polar surface area (TPSA) is 64.5 Å². The van der Waals surface area contributed by atoms with Crippen LogP contribution in [0, 0.1) is 6.92 Å². The smallest absolute Gasteiger partial charge is 0.265 e. The molecule has 0 N–H and O–H groups in total. The van der Waals surface area contributed by atoms with Crippen LogP contribution in [0.5, 0.6) is 11.5 Å². The molecule has 3 heterocycles. The van der Waals surface area contributed by atoms with Gasteiger partial charge in [0.2, 0.25) is 0 Å². The lowest BCUT2D eigenvalue weighted by Gasteiger charge is -2.29. The van der Waals surface area contributed by atoms with Crippen LogP contribution >= 0.6 is 11.3 Å². The number of carbonyl (C=O) groups excluding carboxylic acids is 1. The zero-order valence-electron chi connectivity index (χ0n) is 20.9. The van der Waals surface area contributed by atoms with Gasteiger partial charge in [0.15, 0.2) is 6.61 Å². The van der Waals surface area contributed by atoms with E-state index in [0.29, 0.717) is 18.9 Å². The summed E-state index contributed by atoms with van der Waals surface area (Å²) < 4.78 is 11.7. The summed E-state index contributed by atoms with van der Waals surface area (Å²) in [7, 11) is 0. The Morgan fingerprint density at radius 2 is 1.89 bits per heavy atom. The van der Waals surface area contributed by atoms with Crippen LogP contribution in [0.3, 0.4) is 0 Å². The number of anilines is 1. The number of benzene rings is 2. The molecule has 1 amide bonds. The zero-order valence-corrected chi connectivity index (χ0v) is 21.8. The molecule has 2 aromatic carbocycles. The van der Waals surface area contributed by atoms with Crippen molar-refractivity contribution >= 4 is 22.9 Å². The van der Waals surface area contributed by atoms with Gasteiger partial charge < -0.3 is 14.4 Å². The van der Waals surface area contributed by atoms with Crippen molar-refractivity contribution in [3.8, 4) is 33.5 Å². The quantitative estimate of drug-likeness (QED) is 0.312. The number of aromatic nitrogens is 2. The Bertz CT molecular complexity index is 1380. The number of thiazole rings is 1. The van der Waals surface area contributed by atoms with Crippen LogP contribution in [-0.4, -0.2) is 35.6 Å². The van der Waals surface area contributed by atoms with E-state index >= 15 is 0 Å². The number of rotatable bonds is 6. The molecular formula is C29H29N3O3S. The highest BCUT2D eigenvalue weighted by atomic mass is 32.1. The van der Waals surface area contributed by atoms with E-state index in [9.17, 15) is 4.79 Å². The first kappa shape index (κ1) is 24.0. The van der Waals surface area contributed by atoms with E-state index in [0.717, 1.165) is 38.3 Å². The fourth-order valence-electron chi connectivity index (χ4n) is 4.16. The van der Waals surface area contributed by atoms with E-state index in [4.69, 9.17) is 14.5 Å². The Hall–Kier alpha value is -3.71. The number of hydrogen-bond acceptors (Lipinski definition) is 6. The second-order valence-corrected chi connectivity index (χ2v) is 11.0. The molecule has 0 bridgehead atoms. The van der Waals surface area contributed by atoms with E-state index in [1.807, 2.05) is 48.5 Å². The Labute approximate surface area is 215 Å². The Morgan fingerprint density at radius 1 is 1.08 bits per heavy atom. The number of aryl methyl sites for hydroxylation is 1. The lowest BCUT2D eigenvalue weighted by atomic mass is 9.87. The maximum absolute atomic E-state index is 12.8. The number of amides is 1. The van der Waals surface area contributed by atoms with Crippen molar-refractivity contribution in [1.29, 1.82) is 0 Å². The summed E-state index contributed by atoms with van der Waals surface area (Å²) in [6.07, 6.45) is 1.77. The van der Waals surface area contributed by atoms with Crippen LogP contribution in [0.2, 0.25) is 0 Å². The van der Waals surface area contributed by atoms with Gasteiger partial charge in [-0.2, -0.15) is 0 Å². The molecule has 4 aromatic rings. The summed E-state index contributed by atoms with van der Waals surface area (Å²) in [6, 6.07) is 19.8. The third kappa shape index (κ3) is 4.97. The van der Waals surface area contributed by atoms with Gasteiger partial charge in [-0.3, -0.25) is 9.78 Å². The van der Waals surface area contributed by atoms with Crippen LogP contribution in [-0.2, 0) is 10.2 Å². The summed E-state index contributed by atoms with van der Waals surface area (Å²) in [5, 5.41) is 0.871. The van der Waals surface area contributed by atoms with Gasteiger partial charge >= 0.3 is 0 Å². The molecule has 2 aromatic heterocycles. The Kier molecular flexibility index (Phi) is 6.49. The van der Waals surface area contributed by atoms with Crippen molar-refractivity contribution < 1.29 is 14.3 Å². The van der Waals surface area contributed by atoms with Gasteiger partial charge in [-0.05, 0) is 60.4 Å². The zero-order chi connectivity index (χ0) is 25.3. The maximum Gasteiger partial charge on any atom is 0.265 e. The van der Waals surface area contributed by atoms with Gasteiger partial charge in [0, 0.05) is 16.6 Å². The molecule has 6 nitrogen and oxygen atoms in total. The monoisotopic (exact) mass is 499 g/mol. The van der Waals surface area contributed by atoms with E-state index in [1.165, 1.54) is 5.56 Å². The molecule has 184 valence electrons. The largest absolute Gasteiger partial charge is 0.492 e. The molecule has 1 aliphatic rings. The molecular weight excluding hydrogens is 470 g/mol. The van der Waals surface area contributed by atoms with Crippen LogP contribution in [0.4, 0.5) is 5.69 Å². The van der Waals surface area contributed by atoms with E-state index in [-0.39, 0.29) is 17.9 Å². The molecule has 0 fully saturated rings. The summed E-state index contributed by atoms with van der Waals surface area (Å²) in [6.45, 7) is 9.43.